The average Bonchev–Trinajstić information content (AvgIpc) is 2.37. The second-order valence-electron chi connectivity index (χ2n) is 8.28. The fourth-order valence-corrected chi connectivity index (χ4v) is 3.83. The van der Waals surface area contributed by atoms with Crippen LogP contribution in [0, 0.1) is 5.92 Å². The Kier molecular flexibility index (Phi) is 10.5. The van der Waals surface area contributed by atoms with Gasteiger partial charge in [0.05, 0.1) is 0 Å². The zero-order valence-corrected chi connectivity index (χ0v) is 16.4. The molecule has 5 N–H and O–H groups in total. The molecule has 2 amide bonds. The second kappa shape index (κ2) is 11.2. The highest BCUT2D eigenvalue weighted by Gasteiger charge is 2.35. The van der Waals surface area contributed by atoms with E-state index in [0.29, 0.717) is 24.2 Å². The minimum absolute atomic E-state index is 0.334. The largest absolute Gasteiger partial charge is 0.465 e. The van der Waals surface area contributed by atoms with Gasteiger partial charge >= 0.3 is 12.2 Å². The summed E-state index contributed by atoms with van der Waals surface area (Å²) in [5, 5.41) is 24.6. The van der Waals surface area contributed by atoms with E-state index >= 15 is 0 Å². The van der Waals surface area contributed by atoms with E-state index in [-0.39, 0.29) is 0 Å². The summed E-state index contributed by atoms with van der Waals surface area (Å²) in [5.74, 6) is 0.862. The van der Waals surface area contributed by atoms with E-state index < -0.39 is 12.2 Å². The molecule has 7 heteroatoms. The number of carbonyl (C=O) groups is 2. The van der Waals surface area contributed by atoms with Gasteiger partial charge in [0.1, 0.15) is 0 Å². The van der Waals surface area contributed by atoms with E-state index in [0.717, 1.165) is 31.6 Å². The van der Waals surface area contributed by atoms with Crippen LogP contribution in [0.2, 0.25) is 0 Å². The predicted molar refractivity (Wildman–Crippen MR) is 100 cm³/mol. The standard InChI is InChI=1S/C10H21N.C8H16N2O4/c1-8-6-9(2,3)11-10(4,5)7-8;11-7(12)9-5-3-1-2-4-6-10-8(13)14/h8,11H,6-7H2,1-5H3;9-10H,1-6H2,(H,11,12)(H,13,14). The molecule has 0 bridgehead atoms. The van der Waals surface area contributed by atoms with Crippen LogP contribution < -0.4 is 16.0 Å². The minimum atomic E-state index is -1.00. The van der Waals surface area contributed by atoms with Crippen LogP contribution in [0.25, 0.3) is 0 Å². The predicted octanol–water partition coefficient (Wildman–Crippen LogP) is 3.65. The molecule has 0 radical (unpaired) electrons. The molecule has 0 saturated carbocycles. The van der Waals surface area contributed by atoms with Gasteiger partial charge in [-0.25, -0.2) is 9.59 Å². The van der Waals surface area contributed by atoms with Crippen LogP contribution in [0.4, 0.5) is 9.59 Å². The maximum atomic E-state index is 10.0. The molecule has 1 rings (SSSR count). The molecular formula is C18H37N3O4. The summed E-state index contributed by atoms with van der Waals surface area (Å²) in [4.78, 5) is 20.0. The van der Waals surface area contributed by atoms with Gasteiger partial charge < -0.3 is 26.2 Å². The van der Waals surface area contributed by atoms with E-state index in [2.05, 4.69) is 50.6 Å². The van der Waals surface area contributed by atoms with E-state index in [1.807, 2.05) is 0 Å². The Morgan fingerprint density at radius 3 is 1.52 bits per heavy atom. The van der Waals surface area contributed by atoms with Gasteiger partial charge in [-0.05, 0) is 59.3 Å². The van der Waals surface area contributed by atoms with Crippen molar-refractivity contribution in [3.63, 3.8) is 0 Å². The Morgan fingerprint density at radius 1 is 0.880 bits per heavy atom. The zero-order chi connectivity index (χ0) is 19.5. The Hall–Kier alpha value is -1.50. The number of piperidine rings is 1. The summed E-state index contributed by atoms with van der Waals surface area (Å²) in [6.07, 6.45) is 3.99. The summed E-state index contributed by atoms with van der Waals surface area (Å²) in [6.45, 7) is 12.5. The first-order valence-electron chi connectivity index (χ1n) is 9.16. The smallest absolute Gasteiger partial charge is 0.404 e. The number of nitrogens with one attached hydrogen (secondary N) is 3. The van der Waals surface area contributed by atoms with Crippen LogP contribution in [0.1, 0.15) is 73.1 Å². The molecule has 1 fully saturated rings. The summed E-state index contributed by atoms with van der Waals surface area (Å²) in [6, 6.07) is 0. The SMILES string of the molecule is CC1CC(C)(C)NC(C)(C)C1.O=C(O)NCCCCCCNC(=O)O. The quantitative estimate of drug-likeness (QED) is 0.446. The third-order valence-electron chi connectivity index (χ3n) is 4.05. The van der Waals surface area contributed by atoms with Gasteiger partial charge in [0.15, 0.2) is 0 Å². The lowest BCUT2D eigenvalue weighted by molar-refractivity contribution is 0.138. The van der Waals surface area contributed by atoms with Crippen molar-refractivity contribution in [1.82, 2.24) is 16.0 Å². The fourth-order valence-electron chi connectivity index (χ4n) is 3.83. The van der Waals surface area contributed by atoms with Gasteiger partial charge in [-0.1, -0.05) is 19.8 Å². The van der Waals surface area contributed by atoms with Gasteiger partial charge in [0.2, 0.25) is 0 Å². The second-order valence-corrected chi connectivity index (χ2v) is 8.28. The summed E-state index contributed by atoms with van der Waals surface area (Å²) < 4.78 is 0. The monoisotopic (exact) mass is 359 g/mol. The lowest BCUT2D eigenvalue weighted by Crippen LogP contribution is -2.57. The molecule has 148 valence electrons. The Labute approximate surface area is 152 Å². The van der Waals surface area contributed by atoms with Crippen LogP contribution in [0.15, 0.2) is 0 Å². The van der Waals surface area contributed by atoms with Crippen LogP contribution in [-0.2, 0) is 0 Å². The Morgan fingerprint density at radius 2 is 1.24 bits per heavy atom. The molecule has 0 aliphatic carbocycles. The van der Waals surface area contributed by atoms with Crippen LogP contribution in [0.3, 0.4) is 0 Å². The molecule has 1 saturated heterocycles. The molecule has 1 aliphatic rings. The van der Waals surface area contributed by atoms with Crippen molar-refractivity contribution in [2.75, 3.05) is 13.1 Å². The molecule has 1 aliphatic heterocycles. The molecule has 0 atom stereocenters. The molecular weight excluding hydrogens is 322 g/mol. The molecule has 0 unspecified atom stereocenters. The van der Waals surface area contributed by atoms with E-state index in [9.17, 15) is 9.59 Å². The highest BCUT2D eigenvalue weighted by molar-refractivity contribution is 5.64. The number of unbranched alkanes of at least 4 members (excludes halogenated alkanes) is 3. The Balaban J connectivity index is 0.000000472. The lowest BCUT2D eigenvalue weighted by Gasteiger charge is -2.45. The van der Waals surface area contributed by atoms with Crippen molar-refractivity contribution in [3.8, 4) is 0 Å². The number of amides is 2. The van der Waals surface area contributed by atoms with Crippen LogP contribution in [0.5, 0.6) is 0 Å². The molecule has 7 nitrogen and oxygen atoms in total. The van der Waals surface area contributed by atoms with E-state index in [1.54, 1.807) is 0 Å². The van der Waals surface area contributed by atoms with Gasteiger partial charge in [0.25, 0.3) is 0 Å². The van der Waals surface area contributed by atoms with Crippen LogP contribution in [-0.4, -0.2) is 46.6 Å². The van der Waals surface area contributed by atoms with Crippen molar-refractivity contribution < 1.29 is 19.8 Å². The number of rotatable bonds is 7. The third-order valence-corrected chi connectivity index (χ3v) is 4.05. The normalized spacial score (nSPS) is 18.6. The summed E-state index contributed by atoms with van der Waals surface area (Å²) in [7, 11) is 0. The fraction of sp³-hybridized carbons (Fsp3) is 0.889. The highest BCUT2D eigenvalue weighted by atomic mass is 16.4. The van der Waals surface area contributed by atoms with Crippen LogP contribution >= 0.6 is 0 Å². The van der Waals surface area contributed by atoms with Gasteiger partial charge in [-0.2, -0.15) is 0 Å². The highest BCUT2D eigenvalue weighted by Crippen LogP contribution is 2.31. The topological polar surface area (TPSA) is 111 Å². The molecule has 0 aromatic rings. The zero-order valence-electron chi connectivity index (χ0n) is 16.4. The van der Waals surface area contributed by atoms with Crippen molar-refractivity contribution in [3.05, 3.63) is 0 Å². The molecule has 0 spiro atoms. The maximum absolute atomic E-state index is 10.0. The van der Waals surface area contributed by atoms with Crippen molar-refractivity contribution in [2.45, 2.75) is 84.2 Å². The first-order valence-corrected chi connectivity index (χ1v) is 9.16. The number of hydrogen-bond acceptors (Lipinski definition) is 3. The average molecular weight is 360 g/mol. The van der Waals surface area contributed by atoms with Crippen molar-refractivity contribution in [2.24, 2.45) is 5.92 Å². The molecule has 25 heavy (non-hydrogen) atoms. The first-order chi connectivity index (χ1) is 11.4. The minimum Gasteiger partial charge on any atom is -0.465 e. The Bertz CT molecular complexity index is 375. The van der Waals surface area contributed by atoms with Crippen molar-refractivity contribution in [1.29, 1.82) is 0 Å². The first kappa shape index (κ1) is 23.5. The van der Waals surface area contributed by atoms with E-state index in [4.69, 9.17) is 10.2 Å². The summed E-state index contributed by atoms with van der Waals surface area (Å²) >= 11 is 0. The molecule has 0 aromatic heterocycles. The molecule has 1 heterocycles. The molecule has 0 aromatic carbocycles. The maximum Gasteiger partial charge on any atom is 0.404 e. The van der Waals surface area contributed by atoms with Crippen molar-refractivity contribution >= 4 is 12.2 Å². The summed E-state index contributed by atoms with van der Waals surface area (Å²) in [5.41, 5.74) is 0.669. The number of carboxylic acid groups (broad SMARTS) is 2. The van der Waals surface area contributed by atoms with Gasteiger partial charge in [-0.15, -0.1) is 0 Å². The third kappa shape index (κ3) is 14.5. The van der Waals surface area contributed by atoms with E-state index in [1.165, 1.54) is 12.8 Å². The van der Waals surface area contributed by atoms with Gasteiger partial charge in [0, 0.05) is 24.2 Å². The van der Waals surface area contributed by atoms with Gasteiger partial charge in [-0.3, -0.25) is 0 Å². The lowest BCUT2D eigenvalue weighted by atomic mass is 9.77. The number of hydrogen-bond donors (Lipinski definition) is 5.